The van der Waals surface area contributed by atoms with Crippen molar-refractivity contribution in [1.82, 2.24) is 9.78 Å². The molecule has 0 aliphatic heterocycles. The van der Waals surface area contributed by atoms with Gasteiger partial charge in [-0.2, -0.15) is 18.3 Å². The molecule has 4 rings (SSSR count). The van der Waals surface area contributed by atoms with Gasteiger partial charge in [0.05, 0.1) is 35.6 Å². The molecule has 2 aromatic carbocycles. The summed E-state index contributed by atoms with van der Waals surface area (Å²) in [5, 5.41) is 14.7. The van der Waals surface area contributed by atoms with Crippen LogP contribution in [-0.2, 0) is 6.18 Å². The van der Waals surface area contributed by atoms with Crippen LogP contribution in [-0.4, -0.2) is 34.6 Å². The summed E-state index contributed by atoms with van der Waals surface area (Å²) in [5.41, 5.74) is 5.53. The highest BCUT2D eigenvalue weighted by atomic mass is 19.4. The van der Waals surface area contributed by atoms with Gasteiger partial charge in [-0.05, 0) is 55.9 Å². The number of hydrogen-bond donors (Lipinski definition) is 2. The smallest absolute Gasteiger partial charge is 0.416 e. The number of amides is 2. The number of carbonyl (C=O) groups excluding carboxylic acids is 1. The fourth-order valence-corrected chi connectivity index (χ4v) is 4.38. The average Bonchev–Trinajstić information content (AvgIpc) is 3.21. The molecule has 1 aliphatic carbocycles. The van der Waals surface area contributed by atoms with Gasteiger partial charge in [0.25, 0.3) is 0 Å². The summed E-state index contributed by atoms with van der Waals surface area (Å²) in [5.74, 6) is 0.572. The first-order valence-corrected chi connectivity index (χ1v) is 10.7. The first-order valence-electron chi connectivity index (χ1n) is 10.7. The lowest BCUT2D eigenvalue weighted by Crippen LogP contribution is -2.32. The summed E-state index contributed by atoms with van der Waals surface area (Å²) in [7, 11) is 1.41. The predicted octanol–water partition coefficient (Wildman–Crippen LogP) is 5.00. The van der Waals surface area contributed by atoms with Crippen LogP contribution in [0.15, 0.2) is 42.6 Å². The van der Waals surface area contributed by atoms with Crippen LogP contribution >= 0.6 is 0 Å². The van der Waals surface area contributed by atoms with E-state index >= 15 is 0 Å². The highest BCUT2D eigenvalue weighted by molar-refractivity contribution is 6.02. The van der Waals surface area contributed by atoms with Gasteiger partial charge in [-0.15, -0.1) is 0 Å². The normalized spacial score (nSPS) is 18.9. The zero-order chi connectivity index (χ0) is 23.8. The number of nitrogens with zero attached hydrogens (tertiary/aromatic N) is 3. The third-order valence-electron chi connectivity index (χ3n) is 6.16. The lowest BCUT2D eigenvalue weighted by atomic mass is 9.87. The number of urea groups is 1. The van der Waals surface area contributed by atoms with E-state index in [0.717, 1.165) is 42.7 Å². The van der Waals surface area contributed by atoms with Crippen molar-refractivity contribution in [2.75, 3.05) is 18.6 Å². The van der Waals surface area contributed by atoms with Crippen molar-refractivity contribution in [2.45, 2.75) is 37.9 Å². The van der Waals surface area contributed by atoms with Crippen LogP contribution in [0.3, 0.4) is 0 Å². The van der Waals surface area contributed by atoms with Crippen molar-refractivity contribution >= 4 is 28.3 Å². The van der Waals surface area contributed by atoms with E-state index in [1.807, 2.05) is 10.9 Å². The van der Waals surface area contributed by atoms with E-state index in [0.29, 0.717) is 16.8 Å². The lowest BCUT2D eigenvalue weighted by molar-refractivity contribution is -0.137. The van der Waals surface area contributed by atoms with Crippen molar-refractivity contribution < 1.29 is 27.8 Å². The summed E-state index contributed by atoms with van der Waals surface area (Å²) < 4.78 is 47.0. The predicted molar refractivity (Wildman–Crippen MR) is 118 cm³/mol. The maximum absolute atomic E-state index is 13.2. The summed E-state index contributed by atoms with van der Waals surface area (Å²) >= 11 is 0. The number of hydrogen-bond acceptors (Lipinski definition) is 4. The van der Waals surface area contributed by atoms with Gasteiger partial charge in [-0.3, -0.25) is 9.58 Å². The lowest BCUT2D eigenvalue weighted by Gasteiger charge is -2.27. The monoisotopic (exact) mass is 462 g/mol. The highest BCUT2D eigenvalue weighted by Gasteiger charge is 2.32. The van der Waals surface area contributed by atoms with Crippen molar-refractivity contribution in [1.29, 1.82) is 0 Å². The molecule has 0 saturated heterocycles. The molecule has 2 amide bonds. The summed E-state index contributed by atoms with van der Waals surface area (Å²) in [6.45, 7) is 0.187. The number of ether oxygens (including phenoxy) is 1. The number of rotatable bonds is 5. The second-order valence-corrected chi connectivity index (χ2v) is 8.27. The highest BCUT2D eigenvalue weighted by Crippen LogP contribution is 2.40. The number of carbonyl (C=O) groups is 1. The van der Waals surface area contributed by atoms with E-state index in [2.05, 4.69) is 5.10 Å². The van der Waals surface area contributed by atoms with Gasteiger partial charge < -0.3 is 15.6 Å². The number of halogens is 3. The molecule has 7 nitrogen and oxygen atoms in total. The van der Waals surface area contributed by atoms with Gasteiger partial charge in [0.2, 0.25) is 0 Å². The first-order chi connectivity index (χ1) is 15.7. The summed E-state index contributed by atoms with van der Waals surface area (Å²) in [6.07, 6.45) is 0.895. The van der Waals surface area contributed by atoms with Crippen molar-refractivity contribution in [3.63, 3.8) is 0 Å². The quantitative estimate of drug-likeness (QED) is 0.558. The fraction of sp³-hybridized carbons (Fsp3) is 0.391. The second-order valence-electron chi connectivity index (χ2n) is 8.27. The third kappa shape index (κ3) is 4.61. The molecule has 1 aliphatic rings. The minimum absolute atomic E-state index is 0.0234. The molecule has 1 fully saturated rings. The molecule has 0 bridgehead atoms. The molecule has 176 valence electrons. The van der Waals surface area contributed by atoms with E-state index in [4.69, 9.17) is 10.5 Å². The minimum Gasteiger partial charge on any atom is -0.494 e. The zero-order valence-electron chi connectivity index (χ0n) is 18.0. The molecule has 33 heavy (non-hydrogen) atoms. The molecule has 1 saturated carbocycles. The Labute approximate surface area is 188 Å². The zero-order valence-corrected chi connectivity index (χ0v) is 18.0. The van der Waals surface area contributed by atoms with E-state index in [9.17, 15) is 23.1 Å². The van der Waals surface area contributed by atoms with Gasteiger partial charge in [0.1, 0.15) is 5.75 Å². The van der Waals surface area contributed by atoms with E-state index < -0.39 is 17.8 Å². The van der Waals surface area contributed by atoms with E-state index in [-0.39, 0.29) is 29.8 Å². The second kappa shape index (κ2) is 8.93. The molecule has 1 heterocycles. The Kier molecular flexibility index (Phi) is 6.20. The van der Waals surface area contributed by atoms with E-state index in [1.165, 1.54) is 19.2 Å². The number of primary amides is 1. The van der Waals surface area contributed by atoms with Gasteiger partial charge in [-0.25, -0.2) is 4.79 Å². The Morgan fingerprint density at radius 3 is 2.58 bits per heavy atom. The van der Waals surface area contributed by atoms with Crippen LogP contribution in [0.25, 0.3) is 10.9 Å². The topological polar surface area (TPSA) is 93.6 Å². The van der Waals surface area contributed by atoms with Gasteiger partial charge in [0, 0.05) is 24.3 Å². The summed E-state index contributed by atoms with van der Waals surface area (Å²) in [4.78, 5) is 13.3. The average molecular weight is 462 g/mol. The third-order valence-corrected chi connectivity index (χ3v) is 6.16. The summed E-state index contributed by atoms with van der Waals surface area (Å²) in [6, 6.07) is 6.93. The largest absolute Gasteiger partial charge is 0.494 e. The SMILES string of the molecule is COc1cc2nn(C3CCC(CO)CC3)cc2cc1N(C(N)=O)c1cccc(C(F)(F)F)c1. The number of aromatic nitrogens is 2. The number of aliphatic hydroxyl groups excluding tert-OH is 1. The maximum Gasteiger partial charge on any atom is 0.416 e. The molecule has 0 radical (unpaired) electrons. The van der Waals surface area contributed by atoms with Crippen LogP contribution in [0.4, 0.5) is 29.3 Å². The van der Waals surface area contributed by atoms with Crippen molar-refractivity contribution in [3.05, 3.63) is 48.2 Å². The molecule has 0 atom stereocenters. The van der Waals surface area contributed by atoms with Crippen LogP contribution in [0, 0.1) is 5.92 Å². The molecule has 0 unspecified atom stereocenters. The van der Waals surface area contributed by atoms with E-state index in [1.54, 1.807) is 12.1 Å². The van der Waals surface area contributed by atoms with Gasteiger partial charge in [0.15, 0.2) is 0 Å². The number of fused-ring (bicyclic) bond motifs is 1. The Bertz CT molecular complexity index is 1150. The van der Waals surface area contributed by atoms with Crippen molar-refractivity contribution in [3.8, 4) is 5.75 Å². The molecular weight excluding hydrogens is 437 g/mol. The van der Waals surface area contributed by atoms with Crippen LogP contribution in [0.1, 0.15) is 37.3 Å². The molecule has 3 N–H and O–H groups in total. The van der Waals surface area contributed by atoms with Crippen molar-refractivity contribution in [2.24, 2.45) is 11.7 Å². The molecule has 10 heteroatoms. The Hall–Kier alpha value is -3.27. The first kappa shape index (κ1) is 22.9. The number of anilines is 2. The number of aliphatic hydroxyl groups is 1. The number of methoxy groups -OCH3 is 1. The van der Waals surface area contributed by atoms with Crippen LogP contribution in [0.2, 0.25) is 0 Å². The minimum atomic E-state index is -4.57. The molecular formula is C23H25F3N4O3. The maximum atomic E-state index is 13.2. The van der Waals surface area contributed by atoms with Crippen LogP contribution < -0.4 is 15.4 Å². The van der Waals surface area contributed by atoms with Crippen LogP contribution in [0.5, 0.6) is 5.75 Å². The Morgan fingerprint density at radius 1 is 1.24 bits per heavy atom. The fourth-order valence-electron chi connectivity index (χ4n) is 4.38. The van der Waals surface area contributed by atoms with Gasteiger partial charge in [-0.1, -0.05) is 6.07 Å². The molecule has 3 aromatic rings. The van der Waals surface area contributed by atoms with Gasteiger partial charge >= 0.3 is 12.2 Å². The Balaban J connectivity index is 1.74. The molecule has 1 aromatic heterocycles. The number of benzene rings is 2. The number of alkyl halides is 3. The number of nitrogens with two attached hydrogens (primary N) is 1. The standard InChI is InChI=1S/C23H25F3N4O3/c1-33-21-11-19-15(12-29(28-19)17-7-5-14(13-31)6-8-17)9-20(21)30(22(27)32)18-4-2-3-16(10-18)23(24,25)26/h2-4,9-12,14,17,31H,5-8,13H2,1H3,(H2,27,32). The Morgan fingerprint density at radius 2 is 1.97 bits per heavy atom. The molecule has 0 spiro atoms.